The fourth-order valence-corrected chi connectivity index (χ4v) is 1.74. The van der Waals surface area contributed by atoms with E-state index in [0.29, 0.717) is 6.54 Å². The molecule has 0 aliphatic rings. The van der Waals surface area contributed by atoms with Crippen molar-refractivity contribution < 1.29 is 4.74 Å². The van der Waals surface area contributed by atoms with Crippen LogP contribution >= 0.6 is 0 Å². The molecule has 17 heavy (non-hydrogen) atoms. The number of aromatic nitrogens is 3. The summed E-state index contributed by atoms with van der Waals surface area (Å²) in [4.78, 5) is 0. The van der Waals surface area contributed by atoms with Crippen molar-refractivity contribution in [1.82, 2.24) is 20.1 Å². The smallest absolute Gasteiger partial charge is 0.167 e. The normalized spacial score (nSPS) is 10.5. The Labute approximate surface area is 100 Å². The molecule has 0 aliphatic carbocycles. The highest BCUT2D eigenvalue weighted by atomic mass is 16.5. The maximum atomic E-state index is 5.33. The zero-order chi connectivity index (χ0) is 12.3. The first-order valence-corrected chi connectivity index (χ1v) is 5.44. The molecule has 0 fully saturated rings. The van der Waals surface area contributed by atoms with Crippen LogP contribution in [0.15, 0.2) is 24.3 Å². The van der Waals surface area contributed by atoms with Gasteiger partial charge in [-0.05, 0) is 19.2 Å². The Bertz CT molecular complexity index is 507. The number of methoxy groups -OCH3 is 1. The molecule has 1 heterocycles. The largest absolute Gasteiger partial charge is 0.496 e. The van der Waals surface area contributed by atoms with Crippen LogP contribution in [0.3, 0.4) is 0 Å². The maximum absolute atomic E-state index is 5.33. The highest BCUT2D eigenvalue weighted by molar-refractivity contribution is 5.64. The molecule has 0 saturated heterocycles. The number of nitrogens with one attached hydrogen (secondary N) is 1. The standard InChI is InChI=1S/C12H16N4O/c1-13-8-11-14-15-12(16(11)2)9-6-4-5-7-10(9)17-3/h4-7,13H,8H2,1-3H3. The van der Waals surface area contributed by atoms with Crippen molar-refractivity contribution in [2.75, 3.05) is 14.2 Å². The van der Waals surface area contributed by atoms with Crippen LogP contribution < -0.4 is 10.1 Å². The van der Waals surface area contributed by atoms with E-state index in [-0.39, 0.29) is 0 Å². The summed E-state index contributed by atoms with van der Waals surface area (Å²) >= 11 is 0. The van der Waals surface area contributed by atoms with Crippen LogP contribution in [0, 0.1) is 0 Å². The molecule has 0 spiro atoms. The average molecular weight is 232 g/mol. The van der Waals surface area contributed by atoms with Gasteiger partial charge in [0.1, 0.15) is 11.6 Å². The Hall–Kier alpha value is -1.88. The van der Waals surface area contributed by atoms with Gasteiger partial charge in [0.05, 0.1) is 19.2 Å². The van der Waals surface area contributed by atoms with E-state index in [0.717, 1.165) is 23.0 Å². The van der Waals surface area contributed by atoms with Crippen molar-refractivity contribution in [2.45, 2.75) is 6.54 Å². The van der Waals surface area contributed by atoms with Crippen molar-refractivity contribution in [2.24, 2.45) is 7.05 Å². The summed E-state index contributed by atoms with van der Waals surface area (Å²) in [7, 11) is 5.50. The van der Waals surface area contributed by atoms with E-state index in [1.54, 1.807) is 7.11 Å². The summed E-state index contributed by atoms with van der Waals surface area (Å²) in [6.07, 6.45) is 0. The zero-order valence-electron chi connectivity index (χ0n) is 10.3. The van der Waals surface area contributed by atoms with E-state index in [1.807, 2.05) is 42.9 Å². The first-order chi connectivity index (χ1) is 8.27. The van der Waals surface area contributed by atoms with Crippen LogP contribution in [-0.2, 0) is 13.6 Å². The minimum Gasteiger partial charge on any atom is -0.496 e. The average Bonchev–Trinajstić information content (AvgIpc) is 2.72. The number of hydrogen-bond acceptors (Lipinski definition) is 4. The van der Waals surface area contributed by atoms with E-state index in [2.05, 4.69) is 15.5 Å². The van der Waals surface area contributed by atoms with Gasteiger partial charge in [-0.2, -0.15) is 0 Å². The van der Waals surface area contributed by atoms with Crippen LogP contribution in [-0.4, -0.2) is 28.9 Å². The Morgan fingerprint density at radius 2 is 2.06 bits per heavy atom. The Balaban J connectivity index is 2.46. The summed E-state index contributed by atoms with van der Waals surface area (Å²) in [5, 5.41) is 11.4. The third-order valence-corrected chi connectivity index (χ3v) is 2.65. The fourth-order valence-electron chi connectivity index (χ4n) is 1.74. The quantitative estimate of drug-likeness (QED) is 0.861. The number of nitrogens with zero attached hydrogens (tertiary/aromatic N) is 3. The number of benzene rings is 1. The predicted molar refractivity (Wildman–Crippen MR) is 65.8 cm³/mol. The Morgan fingerprint density at radius 1 is 1.29 bits per heavy atom. The summed E-state index contributed by atoms with van der Waals surface area (Å²) in [5.74, 6) is 2.51. The van der Waals surface area contributed by atoms with Crippen LogP contribution in [0.25, 0.3) is 11.4 Å². The van der Waals surface area contributed by atoms with Crippen molar-refractivity contribution in [3.8, 4) is 17.1 Å². The minimum atomic E-state index is 0.693. The number of hydrogen-bond donors (Lipinski definition) is 1. The summed E-state index contributed by atoms with van der Waals surface area (Å²) in [6.45, 7) is 0.693. The molecule has 1 N–H and O–H groups in total. The van der Waals surface area contributed by atoms with Gasteiger partial charge in [0.15, 0.2) is 5.82 Å². The van der Waals surface area contributed by atoms with Crippen molar-refractivity contribution in [3.63, 3.8) is 0 Å². The molecule has 0 bridgehead atoms. The van der Waals surface area contributed by atoms with Crippen LogP contribution in [0.5, 0.6) is 5.75 Å². The lowest BCUT2D eigenvalue weighted by Crippen LogP contribution is -2.10. The first kappa shape index (κ1) is 11.6. The topological polar surface area (TPSA) is 52.0 Å². The number of para-hydroxylation sites is 1. The van der Waals surface area contributed by atoms with Gasteiger partial charge in [-0.25, -0.2) is 0 Å². The van der Waals surface area contributed by atoms with Gasteiger partial charge >= 0.3 is 0 Å². The van der Waals surface area contributed by atoms with Gasteiger partial charge in [0, 0.05) is 7.05 Å². The monoisotopic (exact) mass is 232 g/mol. The summed E-state index contributed by atoms with van der Waals surface area (Å²) in [5.41, 5.74) is 0.951. The lowest BCUT2D eigenvalue weighted by molar-refractivity contribution is 0.416. The zero-order valence-corrected chi connectivity index (χ0v) is 10.3. The molecular weight excluding hydrogens is 216 g/mol. The minimum absolute atomic E-state index is 0.693. The van der Waals surface area contributed by atoms with Crippen LogP contribution in [0.1, 0.15) is 5.82 Å². The van der Waals surface area contributed by atoms with Crippen molar-refractivity contribution >= 4 is 0 Å². The lowest BCUT2D eigenvalue weighted by Gasteiger charge is -2.08. The molecule has 0 aliphatic heterocycles. The molecule has 1 aromatic carbocycles. The van der Waals surface area contributed by atoms with Crippen molar-refractivity contribution in [1.29, 1.82) is 0 Å². The first-order valence-electron chi connectivity index (χ1n) is 5.44. The second-order valence-corrected chi connectivity index (χ2v) is 3.73. The molecule has 90 valence electrons. The van der Waals surface area contributed by atoms with Gasteiger partial charge in [0.2, 0.25) is 0 Å². The van der Waals surface area contributed by atoms with Crippen LogP contribution in [0.4, 0.5) is 0 Å². The Morgan fingerprint density at radius 3 is 2.76 bits per heavy atom. The fraction of sp³-hybridized carbons (Fsp3) is 0.333. The molecule has 0 radical (unpaired) electrons. The second kappa shape index (κ2) is 4.97. The molecule has 5 nitrogen and oxygen atoms in total. The van der Waals surface area contributed by atoms with Gasteiger partial charge in [-0.3, -0.25) is 0 Å². The van der Waals surface area contributed by atoms with Gasteiger partial charge in [0.25, 0.3) is 0 Å². The molecule has 0 saturated carbocycles. The van der Waals surface area contributed by atoms with Crippen molar-refractivity contribution in [3.05, 3.63) is 30.1 Å². The van der Waals surface area contributed by atoms with E-state index in [1.165, 1.54) is 0 Å². The molecule has 0 atom stereocenters. The SMILES string of the molecule is CNCc1nnc(-c2ccccc2OC)n1C. The molecule has 0 unspecified atom stereocenters. The van der Waals surface area contributed by atoms with E-state index in [4.69, 9.17) is 4.74 Å². The highest BCUT2D eigenvalue weighted by Crippen LogP contribution is 2.27. The Kier molecular flexibility index (Phi) is 3.39. The molecule has 1 aromatic heterocycles. The maximum Gasteiger partial charge on any atom is 0.167 e. The summed E-state index contributed by atoms with van der Waals surface area (Å²) < 4.78 is 7.29. The third kappa shape index (κ3) is 2.14. The third-order valence-electron chi connectivity index (χ3n) is 2.65. The van der Waals surface area contributed by atoms with E-state index in [9.17, 15) is 0 Å². The van der Waals surface area contributed by atoms with Gasteiger partial charge in [-0.1, -0.05) is 12.1 Å². The second-order valence-electron chi connectivity index (χ2n) is 3.73. The molecule has 2 aromatic rings. The molecule has 2 rings (SSSR count). The van der Waals surface area contributed by atoms with E-state index < -0.39 is 0 Å². The number of ether oxygens (including phenoxy) is 1. The molecule has 0 amide bonds. The number of rotatable bonds is 4. The molecule has 5 heteroatoms. The lowest BCUT2D eigenvalue weighted by atomic mass is 10.2. The summed E-state index contributed by atoms with van der Waals surface area (Å²) in [6, 6.07) is 7.80. The molecular formula is C12H16N4O. The van der Waals surface area contributed by atoms with E-state index >= 15 is 0 Å². The highest BCUT2D eigenvalue weighted by Gasteiger charge is 2.13. The van der Waals surface area contributed by atoms with Gasteiger partial charge in [-0.15, -0.1) is 10.2 Å². The predicted octanol–water partition coefficient (Wildman–Crippen LogP) is 1.21. The van der Waals surface area contributed by atoms with Crippen LogP contribution in [0.2, 0.25) is 0 Å². The van der Waals surface area contributed by atoms with Gasteiger partial charge < -0.3 is 14.6 Å².